The number of ether oxygens (including phenoxy) is 1. The number of nitrogens with one attached hydrogen (secondary N) is 1. The zero-order valence-electron chi connectivity index (χ0n) is 11.9. The Morgan fingerprint density at radius 2 is 2.00 bits per heavy atom. The minimum absolute atomic E-state index is 0.128. The summed E-state index contributed by atoms with van der Waals surface area (Å²) in [4.78, 5) is 11.9. The van der Waals surface area contributed by atoms with Gasteiger partial charge in [0.15, 0.2) is 0 Å². The quantitative estimate of drug-likeness (QED) is 0.750. The second kappa shape index (κ2) is 8.02. The zero-order valence-corrected chi connectivity index (χ0v) is 11.9. The summed E-state index contributed by atoms with van der Waals surface area (Å²) >= 11 is 0. The van der Waals surface area contributed by atoms with Gasteiger partial charge in [-0.05, 0) is 24.8 Å². The van der Waals surface area contributed by atoms with Crippen molar-refractivity contribution in [1.29, 1.82) is 0 Å². The Morgan fingerprint density at radius 1 is 1.30 bits per heavy atom. The van der Waals surface area contributed by atoms with Crippen molar-refractivity contribution in [2.24, 2.45) is 5.73 Å². The molecule has 0 bridgehead atoms. The standard InChI is InChI=1S/C16H24N2O2/c17-15(13-7-2-1-3-8-13)16(19)18-11-6-12-20-14-9-4-5-10-14/h1-3,7-8,14-15H,4-6,9-12,17H2,(H,18,19). The van der Waals surface area contributed by atoms with Crippen LogP contribution in [-0.2, 0) is 9.53 Å². The maximum absolute atomic E-state index is 11.9. The van der Waals surface area contributed by atoms with Crippen molar-refractivity contribution in [3.63, 3.8) is 0 Å². The Bertz CT molecular complexity index is 402. The van der Waals surface area contributed by atoms with E-state index in [0.717, 1.165) is 12.0 Å². The molecule has 110 valence electrons. The van der Waals surface area contributed by atoms with Crippen molar-refractivity contribution < 1.29 is 9.53 Å². The highest BCUT2D eigenvalue weighted by Gasteiger charge is 2.16. The van der Waals surface area contributed by atoms with E-state index < -0.39 is 6.04 Å². The molecule has 20 heavy (non-hydrogen) atoms. The van der Waals surface area contributed by atoms with Crippen LogP contribution < -0.4 is 11.1 Å². The molecule has 1 aliphatic rings. The highest BCUT2D eigenvalue weighted by Crippen LogP contribution is 2.20. The Morgan fingerprint density at radius 3 is 2.70 bits per heavy atom. The highest BCUT2D eigenvalue weighted by atomic mass is 16.5. The van der Waals surface area contributed by atoms with Gasteiger partial charge in [0, 0.05) is 13.2 Å². The smallest absolute Gasteiger partial charge is 0.241 e. The van der Waals surface area contributed by atoms with E-state index >= 15 is 0 Å². The Balaban J connectivity index is 1.60. The lowest BCUT2D eigenvalue weighted by atomic mass is 10.1. The van der Waals surface area contributed by atoms with Crippen LogP contribution in [0.15, 0.2) is 30.3 Å². The maximum Gasteiger partial charge on any atom is 0.241 e. The third kappa shape index (κ3) is 4.62. The number of hydrogen-bond acceptors (Lipinski definition) is 3. The molecule has 1 fully saturated rings. The minimum atomic E-state index is -0.591. The molecular weight excluding hydrogens is 252 g/mol. The number of nitrogens with two attached hydrogens (primary N) is 1. The summed E-state index contributed by atoms with van der Waals surface area (Å²) in [6.07, 6.45) is 6.22. The first-order valence-corrected chi connectivity index (χ1v) is 7.47. The van der Waals surface area contributed by atoms with Crippen molar-refractivity contribution in [3.8, 4) is 0 Å². The number of carbonyl (C=O) groups is 1. The average molecular weight is 276 g/mol. The van der Waals surface area contributed by atoms with Crippen LogP contribution in [0.3, 0.4) is 0 Å². The molecule has 0 aromatic heterocycles. The summed E-state index contributed by atoms with van der Waals surface area (Å²) < 4.78 is 5.75. The minimum Gasteiger partial charge on any atom is -0.378 e. The van der Waals surface area contributed by atoms with Crippen LogP contribution in [-0.4, -0.2) is 25.2 Å². The Kier molecular flexibility index (Phi) is 6.02. The van der Waals surface area contributed by atoms with Gasteiger partial charge >= 0.3 is 0 Å². The van der Waals surface area contributed by atoms with Crippen molar-refractivity contribution >= 4 is 5.91 Å². The van der Waals surface area contributed by atoms with E-state index in [4.69, 9.17) is 10.5 Å². The first-order valence-electron chi connectivity index (χ1n) is 7.47. The normalized spacial score (nSPS) is 17.1. The summed E-state index contributed by atoms with van der Waals surface area (Å²) in [6.45, 7) is 1.33. The molecule has 4 nitrogen and oxygen atoms in total. The zero-order chi connectivity index (χ0) is 14.2. The molecule has 0 saturated heterocycles. The van der Waals surface area contributed by atoms with Crippen molar-refractivity contribution in [2.45, 2.75) is 44.2 Å². The summed E-state index contributed by atoms with van der Waals surface area (Å²) in [5, 5.41) is 2.86. The van der Waals surface area contributed by atoms with E-state index in [1.807, 2.05) is 30.3 Å². The third-order valence-electron chi connectivity index (χ3n) is 3.72. The lowest BCUT2D eigenvalue weighted by Gasteiger charge is -2.13. The predicted molar refractivity (Wildman–Crippen MR) is 79.2 cm³/mol. The Hall–Kier alpha value is -1.39. The van der Waals surface area contributed by atoms with E-state index in [1.165, 1.54) is 25.7 Å². The van der Waals surface area contributed by atoms with Crippen molar-refractivity contribution in [3.05, 3.63) is 35.9 Å². The predicted octanol–water partition coefficient (Wildman–Crippen LogP) is 2.15. The molecule has 1 unspecified atom stereocenters. The van der Waals surface area contributed by atoms with E-state index in [1.54, 1.807) is 0 Å². The van der Waals surface area contributed by atoms with Gasteiger partial charge in [0.05, 0.1) is 6.10 Å². The summed E-state index contributed by atoms with van der Waals surface area (Å²) in [6, 6.07) is 8.83. The number of carbonyl (C=O) groups excluding carboxylic acids is 1. The van der Waals surface area contributed by atoms with E-state index in [9.17, 15) is 4.79 Å². The summed E-state index contributed by atoms with van der Waals surface area (Å²) in [5.41, 5.74) is 6.75. The van der Waals surface area contributed by atoms with Gasteiger partial charge in [0.25, 0.3) is 0 Å². The van der Waals surface area contributed by atoms with Crippen LogP contribution in [0, 0.1) is 0 Å². The van der Waals surface area contributed by atoms with Crippen molar-refractivity contribution in [1.82, 2.24) is 5.32 Å². The van der Waals surface area contributed by atoms with Gasteiger partial charge in [0.2, 0.25) is 5.91 Å². The van der Waals surface area contributed by atoms with Gasteiger partial charge in [-0.3, -0.25) is 4.79 Å². The van der Waals surface area contributed by atoms with Crippen LogP contribution in [0.5, 0.6) is 0 Å². The van der Waals surface area contributed by atoms with Gasteiger partial charge in [-0.2, -0.15) is 0 Å². The lowest BCUT2D eigenvalue weighted by molar-refractivity contribution is -0.122. The van der Waals surface area contributed by atoms with E-state index in [-0.39, 0.29) is 5.91 Å². The van der Waals surface area contributed by atoms with Gasteiger partial charge in [0.1, 0.15) is 6.04 Å². The molecule has 4 heteroatoms. The molecule has 2 rings (SSSR count). The third-order valence-corrected chi connectivity index (χ3v) is 3.72. The molecule has 1 aromatic carbocycles. The van der Waals surface area contributed by atoms with Crippen LogP contribution in [0.2, 0.25) is 0 Å². The lowest BCUT2D eigenvalue weighted by Crippen LogP contribution is -2.35. The monoisotopic (exact) mass is 276 g/mol. The topological polar surface area (TPSA) is 64.4 Å². The molecule has 0 aliphatic heterocycles. The van der Waals surface area contributed by atoms with Gasteiger partial charge in [-0.15, -0.1) is 0 Å². The molecule has 0 heterocycles. The number of hydrogen-bond donors (Lipinski definition) is 2. The number of amides is 1. The first-order chi connectivity index (χ1) is 9.77. The van der Waals surface area contributed by atoms with E-state index in [2.05, 4.69) is 5.32 Å². The SMILES string of the molecule is NC(C(=O)NCCCOC1CCCC1)c1ccccc1. The highest BCUT2D eigenvalue weighted by molar-refractivity contribution is 5.82. The second-order valence-corrected chi connectivity index (χ2v) is 5.31. The van der Waals surface area contributed by atoms with Gasteiger partial charge in [-0.25, -0.2) is 0 Å². The fraction of sp³-hybridized carbons (Fsp3) is 0.562. The number of rotatable bonds is 7. The van der Waals surface area contributed by atoms with Gasteiger partial charge < -0.3 is 15.8 Å². The Labute approximate surface area is 120 Å². The molecule has 0 radical (unpaired) electrons. The molecule has 3 N–H and O–H groups in total. The maximum atomic E-state index is 11.9. The van der Waals surface area contributed by atoms with Crippen LogP contribution >= 0.6 is 0 Å². The molecule has 1 aliphatic carbocycles. The largest absolute Gasteiger partial charge is 0.378 e. The molecule has 1 saturated carbocycles. The van der Waals surface area contributed by atoms with E-state index in [0.29, 0.717) is 19.3 Å². The number of benzene rings is 1. The van der Waals surface area contributed by atoms with Crippen molar-refractivity contribution in [2.75, 3.05) is 13.2 Å². The average Bonchev–Trinajstić information content (AvgIpc) is 3.00. The van der Waals surface area contributed by atoms with Crippen LogP contribution in [0.1, 0.15) is 43.7 Å². The summed E-state index contributed by atoms with van der Waals surface area (Å²) in [7, 11) is 0. The summed E-state index contributed by atoms with van der Waals surface area (Å²) in [5.74, 6) is -0.128. The molecule has 0 spiro atoms. The first kappa shape index (κ1) is 15.0. The fourth-order valence-electron chi connectivity index (χ4n) is 2.51. The molecule has 1 aromatic rings. The second-order valence-electron chi connectivity index (χ2n) is 5.31. The van der Waals surface area contributed by atoms with Crippen LogP contribution in [0.25, 0.3) is 0 Å². The molecular formula is C16H24N2O2. The van der Waals surface area contributed by atoms with Crippen LogP contribution in [0.4, 0.5) is 0 Å². The molecule has 1 atom stereocenters. The van der Waals surface area contributed by atoms with Gasteiger partial charge in [-0.1, -0.05) is 43.2 Å². The fourth-order valence-corrected chi connectivity index (χ4v) is 2.51. The molecule has 1 amide bonds.